The van der Waals surface area contributed by atoms with Crippen molar-refractivity contribution in [3.63, 3.8) is 0 Å². The molecule has 1 saturated heterocycles. The summed E-state index contributed by atoms with van der Waals surface area (Å²) in [6.07, 6.45) is 0.829. The summed E-state index contributed by atoms with van der Waals surface area (Å²) in [5.41, 5.74) is 4.60. The van der Waals surface area contributed by atoms with Crippen LogP contribution in [0.15, 0.2) is 78.9 Å². The lowest BCUT2D eigenvalue weighted by molar-refractivity contribution is 0.218. The van der Waals surface area contributed by atoms with Gasteiger partial charge in [-0.05, 0) is 54.3 Å². The van der Waals surface area contributed by atoms with Gasteiger partial charge in [-0.15, -0.1) is 0 Å². The van der Waals surface area contributed by atoms with Crippen LogP contribution in [0.5, 0.6) is 5.75 Å². The molecule has 29 heavy (non-hydrogen) atoms. The van der Waals surface area contributed by atoms with Crippen molar-refractivity contribution in [3.8, 4) is 5.75 Å². The molecule has 3 aromatic carbocycles. The molecule has 1 aliphatic heterocycles. The number of hydrogen-bond donors (Lipinski definition) is 0. The smallest absolute Gasteiger partial charge is 0.325 e. The molecule has 4 nitrogen and oxygen atoms in total. The molecule has 2 amide bonds. The Morgan fingerprint density at radius 2 is 1.62 bits per heavy atom. The molecular formula is C25H26N2O2. The number of nitrogens with zero attached hydrogens (tertiary/aromatic N) is 2. The first-order valence-electron chi connectivity index (χ1n) is 9.96. The number of methoxy groups -OCH3 is 1. The molecule has 0 spiro atoms. The van der Waals surface area contributed by atoms with E-state index in [1.165, 1.54) is 11.1 Å². The molecule has 148 valence electrons. The van der Waals surface area contributed by atoms with Gasteiger partial charge >= 0.3 is 6.03 Å². The van der Waals surface area contributed by atoms with Gasteiger partial charge in [-0.25, -0.2) is 4.79 Å². The minimum absolute atomic E-state index is 0.0533. The van der Waals surface area contributed by atoms with Crippen LogP contribution in [-0.2, 0) is 13.0 Å². The Morgan fingerprint density at radius 1 is 0.931 bits per heavy atom. The third kappa shape index (κ3) is 4.11. The lowest BCUT2D eigenvalue weighted by Crippen LogP contribution is -2.36. The Balaban J connectivity index is 1.63. The van der Waals surface area contributed by atoms with E-state index in [1.807, 2.05) is 52.3 Å². The van der Waals surface area contributed by atoms with Gasteiger partial charge in [-0.1, -0.05) is 54.6 Å². The highest BCUT2D eigenvalue weighted by molar-refractivity contribution is 5.95. The van der Waals surface area contributed by atoms with Gasteiger partial charge in [0, 0.05) is 18.8 Å². The van der Waals surface area contributed by atoms with E-state index in [-0.39, 0.29) is 12.1 Å². The number of aryl methyl sites for hydroxylation is 1. The summed E-state index contributed by atoms with van der Waals surface area (Å²) < 4.78 is 5.28. The number of carbonyl (C=O) groups is 1. The Hall–Kier alpha value is -3.27. The molecule has 0 N–H and O–H groups in total. The van der Waals surface area contributed by atoms with Crippen molar-refractivity contribution in [1.29, 1.82) is 0 Å². The number of rotatable bonds is 6. The minimum Gasteiger partial charge on any atom is -0.497 e. The average molecular weight is 386 g/mol. The molecule has 3 aromatic rings. The minimum atomic E-state index is 0.0533. The van der Waals surface area contributed by atoms with E-state index in [2.05, 4.69) is 43.3 Å². The maximum Gasteiger partial charge on any atom is 0.325 e. The van der Waals surface area contributed by atoms with Gasteiger partial charge in [-0.3, -0.25) is 4.90 Å². The second kappa shape index (κ2) is 8.39. The Labute approximate surface area is 172 Å². The zero-order valence-corrected chi connectivity index (χ0v) is 16.9. The van der Waals surface area contributed by atoms with Gasteiger partial charge in [0.2, 0.25) is 0 Å². The Kier molecular flexibility index (Phi) is 5.52. The molecular weight excluding hydrogens is 360 g/mol. The van der Waals surface area contributed by atoms with Crippen molar-refractivity contribution >= 4 is 11.7 Å². The quantitative estimate of drug-likeness (QED) is 0.593. The van der Waals surface area contributed by atoms with Gasteiger partial charge < -0.3 is 9.64 Å². The Bertz CT molecular complexity index is 970. The van der Waals surface area contributed by atoms with Gasteiger partial charge in [0.1, 0.15) is 5.75 Å². The van der Waals surface area contributed by atoms with Gasteiger partial charge in [0.15, 0.2) is 0 Å². The fourth-order valence-electron chi connectivity index (χ4n) is 3.97. The predicted molar refractivity (Wildman–Crippen MR) is 116 cm³/mol. The van der Waals surface area contributed by atoms with Crippen LogP contribution in [0.25, 0.3) is 0 Å². The van der Waals surface area contributed by atoms with Gasteiger partial charge in [0.05, 0.1) is 13.2 Å². The summed E-state index contributed by atoms with van der Waals surface area (Å²) in [5.74, 6) is 0.789. The number of ether oxygens (including phenoxy) is 1. The molecule has 1 fully saturated rings. The van der Waals surface area contributed by atoms with Crippen LogP contribution >= 0.6 is 0 Å². The standard InChI is InChI=1S/C25H26N2O2/c1-19-8-6-7-11-21(19)16-23-18-26(17-20-9-4-3-5-10-20)25(28)27(23)22-12-14-24(29-2)15-13-22/h3-15,23H,16-18H2,1-2H3/t23-/m1/s1. The zero-order valence-electron chi connectivity index (χ0n) is 16.9. The zero-order chi connectivity index (χ0) is 20.2. The first-order valence-corrected chi connectivity index (χ1v) is 9.96. The summed E-state index contributed by atoms with van der Waals surface area (Å²) in [4.78, 5) is 17.3. The highest BCUT2D eigenvalue weighted by Crippen LogP contribution is 2.30. The number of benzene rings is 3. The number of urea groups is 1. The molecule has 0 aliphatic carbocycles. The lowest BCUT2D eigenvalue weighted by atomic mass is 10.0. The van der Waals surface area contributed by atoms with E-state index in [1.54, 1.807) is 7.11 Å². The van der Waals surface area contributed by atoms with E-state index < -0.39 is 0 Å². The second-order valence-corrected chi connectivity index (χ2v) is 7.50. The average Bonchev–Trinajstić information content (AvgIpc) is 3.05. The van der Waals surface area contributed by atoms with E-state index >= 15 is 0 Å². The second-order valence-electron chi connectivity index (χ2n) is 7.50. The van der Waals surface area contributed by atoms with Crippen molar-refractivity contribution in [2.24, 2.45) is 0 Å². The van der Waals surface area contributed by atoms with Crippen molar-refractivity contribution in [3.05, 3.63) is 95.6 Å². The maximum atomic E-state index is 13.4. The first-order chi connectivity index (χ1) is 14.2. The van der Waals surface area contributed by atoms with Gasteiger partial charge in [0.25, 0.3) is 0 Å². The molecule has 4 heteroatoms. The van der Waals surface area contributed by atoms with Crippen molar-refractivity contribution in [2.75, 3.05) is 18.6 Å². The van der Waals surface area contributed by atoms with E-state index in [0.29, 0.717) is 13.1 Å². The molecule has 0 unspecified atom stereocenters. The molecule has 1 heterocycles. The SMILES string of the molecule is COc1ccc(N2C(=O)N(Cc3ccccc3)C[C@H]2Cc2ccccc2C)cc1. The van der Waals surface area contributed by atoms with Crippen LogP contribution in [0.2, 0.25) is 0 Å². The number of carbonyl (C=O) groups excluding carboxylic acids is 1. The monoisotopic (exact) mass is 386 g/mol. The molecule has 0 aromatic heterocycles. The number of hydrogen-bond acceptors (Lipinski definition) is 2. The fraction of sp³-hybridized carbons (Fsp3) is 0.240. The summed E-state index contributed by atoms with van der Waals surface area (Å²) in [6.45, 7) is 3.45. The normalized spacial score (nSPS) is 16.3. The summed E-state index contributed by atoms with van der Waals surface area (Å²) in [7, 11) is 1.65. The Morgan fingerprint density at radius 3 is 2.31 bits per heavy atom. The highest BCUT2D eigenvalue weighted by Gasteiger charge is 2.38. The topological polar surface area (TPSA) is 32.8 Å². The molecule has 4 rings (SSSR count). The maximum absolute atomic E-state index is 13.4. The van der Waals surface area contributed by atoms with Crippen LogP contribution < -0.4 is 9.64 Å². The van der Waals surface area contributed by atoms with Crippen LogP contribution in [0, 0.1) is 6.92 Å². The third-order valence-corrected chi connectivity index (χ3v) is 5.56. The summed E-state index contributed by atoms with van der Waals surface area (Å²) >= 11 is 0. The fourth-order valence-corrected chi connectivity index (χ4v) is 3.97. The lowest BCUT2D eigenvalue weighted by Gasteiger charge is -2.24. The molecule has 0 radical (unpaired) electrons. The number of anilines is 1. The third-order valence-electron chi connectivity index (χ3n) is 5.56. The van der Waals surface area contributed by atoms with E-state index in [0.717, 1.165) is 23.4 Å². The van der Waals surface area contributed by atoms with Crippen molar-refractivity contribution < 1.29 is 9.53 Å². The number of amides is 2. The summed E-state index contributed by atoms with van der Waals surface area (Å²) in [6, 6.07) is 26.5. The molecule has 0 saturated carbocycles. The molecule has 1 aliphatic rings. The molecule has 0 bridgehead atoms. The van der Waals surface area contributed by atoms with Crippen LogP contribution in [-0.4, -0.2) is 30.6 Å². The van der Waals surface area contributed by atoms with Crippen LogP contribution in [0.4, 0.5) is 10.5 Å². The van der Waals surface area contributed by atoms with Crippen molar-refractivity contribution in [2.45, 2.75) is 25.9 Å². The summed E-state index contributed by atoms with van der Waals surface area (Å²) in [5, 5.41) is 0. The largest absolute Gasteiger partial charge is 0.497 e. The molecule has 1 atom stereocenters. The predicted octanol–water partition coefficient (Wildman–Crippen LogP) is 5.06. The van der Waals surface area contributed by atoms with E-state index in [9.17, 15) is 4.79 Å². The van der Waals surface area contributed by atoms with Crippen LogP contribution in [0.3, 0.4) is 0 Å². The highest BCUT2D eigenvalue weighted by atomic mass is 16.5. The first kappa shape index (κ1) is 19.1. The van der Waals surface area contributed by atoms with E-state index in [4.69, 9.17) is 4.74 Å². The van der Waals surface area contributed by atoms with Crippen LogP contribution in [0.1, 0.15) is 16.7 Å². The van der Waals surface area contributed by atoms with Gasteiger partial charge in [-0.2, -0.15) is 0 Å². The van der Waals surface area contributed by atoms with Crippen molar-refractivity contribution in [1.82, 2.24) is 4.90 Å².